The number of hydrogen-bond acceptors (Lipinski definition) is 3. The molecule has 34 heavy (non-hydrogen) atoms. The van der Waals surface area contributed by atoms with E-state index >= 15 is 0 Å². The minimum Gasteiger partial charge on any atom is -0.368 e. The smallest absolute Gasteiger partial charge is 0.252 e. The molecule has 172 valence electrons. The maximum atomic E-state index is 15.0. The molecule has 1 atom stereocenters. The van der Waals surface area contributed by atoms with Crippen LogP contribution in [-0.2, 0) is 11.2 Å². The Hall–Kier alpha value is -4.13. The zero-order valence-electron chi connectivity index (χ0n) is 18.5. The van der Waals surface area contributed by atoms with Crippen molar-refractivity contribution < 1.29 is 18.4 Å². The molecule has 0 spiro atoms. The first kappa shape index (κ1) is 23.0. The first-order chi connectivity index (χ1) is 16.3. The Morgan fingerprint density at radius 1 is 1.00 bits per heavy atom. The van der Waals surface area contributed by atoms with E-state index in [4.69, 9.17) is 5.73 Å². The van der Waals surface area contributed by atoms with E-state index in [9.17, 15) is 18.4 Å². The first-order valence-electron chi connectivity index (χ1n) is 10.7. The van der Waals surface area contributed by atoms with Crippen LogP contribution in [0.3, 0.4) is 0 Å². The summed E-state index contributed by atoms with van der Waals surface area (Å²) in [6, 6.07) is 19.2. The van der Waals surface area contributed by atoms with Gasteiger partial charge in [0.1, 0.15) is 17.2 Å². The average Bonchev–Trinajstić information content (AvgIpc) is 3.29. The standard InChI is InChI=1S/C27H23F2N3O2/c1-27(26(30)34,15-17-6-3-2-4-7-17)32-25(33)21-8-5-9-22(29)24(21)23-14-19(16-31-23)18-10-12-20(28)13-11-18/h2-14H,15-16H2,1H3,(H2,30,34)(H,32,33)/t27-/m0/s1. The Morgan fingerprint density at radius 3 is 2.38 bits per heavy atom. The van der Waals surface area contributed by atoms with Gasteiger partial charge in [-0.15, -0.1) is 0 Å². The van der Waals surface area contributed by atoms with Gasteiger partial charge >= 0.3 is 0 Å². The third-order valence-electron chi connectivity index (χ3n) is 5.79. The minimum atomic E-state index is -1.39. The quantitative estimate of drug-likeness (QED) is 0.558. The van der Waals surface area contributed by atoms with Gasteiger partial charge in [-0.2, -0.15) is 0 Å². The van der Waals surface area contributed by atoms with E-state index in [-0.39, 0.29) is 29.9 Å². The van der Waals surface area contributed by atoms with Gasteiger partial charge < -0.3 is 11.1 Å². The molecule has 0 fully saturated rings. The number of nitrogens with zero attached hydrogens (tertiary/aromatic N) is 1. The molecule has 0 aliphatic carbocycles. The van der Waals surface area contributed by atoms with Crippen molar-refractivity contribution in [2.24, 2.45) is 10.7 Å². The molecule has 4 rings (SSSR count). The number of amides is 2. The zero-order chi connectivity index (χ0) is 24.3. The van der Waals surface area contributed by atoms with Crippen LogP contribution in [0.1, 0.15) is 34.0 Å². The van der Waals surface area contributed by atoms with Crippen LogP contribution in [0, 0.1) is 11.6 Å². The lowest BCUT2D eigenvalue weighted by molar-refractivity contribution is -0.123. The molecule has 0 saturated heterocycles. The van der Waals surface area contributed by atoms with Gasteiger partial charge in [-0.05, 0) is 54.0 Å². The Morgan fingerprint density at radius 2 is 1.71 bits per heavy atom. The topological polar surface area (TPSA) is 84.6 Å². The molecule has 0 aromatic heterocycles. The molecule has 0 unspecified atom stereocenters. The third-order valence-corrected chi connectivity index (χ3v) is 5.79. The predicted octanol–water partition coefficient (Wildman–Crippen LogP) is 4.07. The van der Waals surface area contributed by atoms with Crippen molar-refractivity contribution in [3.63, 3.8) is 0 Å². The molecule has 0 radical (unpaired) electrons. The summed E-state index contributed by atoms with van der Waals surface area (Å²) in [5.41, 5.74) is 6.96. The molecule has 3 aromatic carbocycles. The van der Waals surface area contributed by atoms with Crippen molar-refractivity contribution in [3.8, 4) is 0 Å². The van der Waals surface area contributed by atoms with Crippen molar-refractivity contribution in [2.45, 2.75) is 18.9 Å². The molecule has 3 aromatic rings. The largest absolute Gasteiger partial charge is 0.368 e. The summed E-state index contributed by atoms with van der Waals surface area (Å²) in [5.74, 6) is -2.33. The second-order valence-electron chi connectivity index (χ2n) is 8.35. The van der Waals surface area contributed by atoms with Gasteiger partial charge in [-0.3, -0.25) is 14.6 Å². The first-order valence-corrected chi connectivity index (χ1v) is 10.7. The second kappa shape index (κ2) is 9.39. The number of aliphatic imine (C=N–C) groups is 1. The Bertz CT molecular complexity index is 1300. The number of halogens is 2. The van der Waals surface area contributed by atoms with E-state index in [1.54, 1.807) is 25.1 Å². The van der Waals surface area contributed by atoms with Gasteiger partial charge in [0, 0.05) is 12.0 Å². The number of carbonyl (C=O) groups is 2. The number of carbonyl (C=O) groups excluding carboxylic acids is 2. The van der Waals surface area contributed by atoms with Crippen molar-refractivity contribution in [2.75, 3.05) is 6.54 Å². The number of allylic oxidation sites excluding steroid dienone is 1. The van der Waals surface area contributed by atoms with Crippen molar-refractivity contribution in [1.82, 2.24) is 5.32 Å². The molecular formula is C27H23F2N3O2. The van der Waals surface area contributed by atoms with Crippen LogP contribution in [0.5, 0.6) is 0 Å². The van der Waals surface area contributed by atoms with Crippen LogP contribution in [0.25, 0.3) is 5.57 Å². The van der Waals surface area contributed by atoms with E-state index < -0.39 is 23.2 Å². The SMILES string of the molecule is C[C@@](Cc1ccccc1)(NC(=O)c1cccc(F)c1C1=NCC(c2ccc(F)cc2)=C1)C(N)=O. The summed E-state index contributed by atoms with van der Waals surface area (Å²) < 4.78 is 28.2. The summed E-state index contributed by atoms with van der Waals surface area (Å²) >= 11 is 0. The molecule has 2 amide bonds. The molecule has 1 aliphatic heterocycles. The maximum absolute atomic E-state index is 15.0. The van der Waals surface area contributed by atoms with E-state index in [2.05, 4.69) is 10.3 Å². The average molecular weight is 459 g/mol. The lowest BCUT2D eigenvalue weighted by Gasteiger charge is -2.28. The molecule has 3 N–H and O–H groups in total. The fourth-order valence-electron chi connectivity index (χ4n) is 3.91. The van der Waals surface area contributed by atoms with E-state index in [1.165, 1.54) is 30.3 Å². The minimum absolute atomic E-state index is 0.0312. The zero-order valence-corrected chi connectivity index (χ0v) is 18.5. The number of rotatable bonds is 7. The normalized spacial score (nSPS) is 14.7. The van der Waals surface area contributed by atoms with Gasteiger partial charge in [0.15, 0.2) is 0 Å². The van der Waals surface area contributed by atoms with Crippen LogP contribution in [0.15, 0.2) is 83.9 Å². The number of primary amides is 1. The highest BCUT2D eigenvalue weighted by Gasteiger charge is 2.34. The molecule has 0 saturated carbocycles. The molecule has 1 heterocycles. The second-order valence-corrected chi connectivity index (χ2v) is 8.35. The molecule has 0 bridgehead atoms. The summed E-state index contributed by atoms with van der Waals surface area (Å²) in [5, 5.41) is 2.70. The predicted molar refractivity (Wildman–Crippen MR) is 127 cm³/mol. The number of nitrogens with one attached hydrogen (secondary N) is 1. The van der Waals surface area contributed by atoms with Gasteiger partial charge in [0.2, 0.25) is 5.91 Å². The number of benzene rings is 3. The Kier molecular flexibility index (Phi) is 6.36. The summed E-state index contributed by atoms with van der Waals surface area (Å²) in [7, 11) is 0. The molecular weight excluding hydrogens is 436 g/mol. The molecule has 1 aliphatic rings. The maximum Gasteiger partial charge on any atom is 0.252 e. The fraction of sp³-hybridized carbons (Fsp3) is 0.148. The van der Waals surface area contributed by atoms with Gasteiger partial charge in [0.25, 0.3) is 5.91 Å². The van der Waals surface area contributed by atoms with Crippen molar-refractivity contribution >= 4 is 23.1 Å². The van der Waals surface area contributed by atoms with Gasteiger partial charge in [0.05, 0.1) is 17.8 Å². The highest BCUT2D eigenvalue weighted by Crippen LogP contribution is 2.26. The lowest BCUT2D eigenvalue weighted by Crippen LogP contribution is -2.57. The number of hydrogen-bond donors (Lipinski definition) is 2. The summed E-state index contributed by atoms with van der Waals surface area (Å²) in [4.78, 5) is 30.0. The third kappa shape index (κ3) is 4.78. The lowest BCUT2D eigenvalue weighted by atomic mass is 9.91. The van der Waals surface area contributed by atoms with E-state index in [0.29, 0.717) is 5.71 Å². The van der Waals surface area contributed by atoms with E-state index in [1.807, 2.05) is 30.3 Å². The highest BCUT2D eigenvalue weighted by atomic mass is 19.1. The van der Waals surface area contributed by atoms with Gasteiger partial charge in [-0.1, -0.05) is 48.5 Å². The highest BCUT2D eigenvalue weighted by molar-refractivity contribution is 6.19. The summed E-state index contributed by atoms with van der Waals surface area (Å²) in [6.07, 6.45) is 1.86. The van der Waals surface area contributed by atoms with Gasteiger partial charge in [-0.25, -0.2) is 8.78 Å². The van der Waals surface area contributed by atoms with Crippen molar-refractivity contribution in [3.05, 3.63) is 113 Å². The molecule has 7 heteroatoms. The van der Waals surface area contributed by atoms with Crippen LogP contribution >= 0.6 is 0 Å². The Balaban J connectivity index is 1.64. The van der Waals surface area contributed by atoms with Crippen molar-refractivity contribution in [1.29, 1.82) is 0 Å². The van der Waals surface area contributed by atoms with Crippen LogP contribution in [0.2, 0.25) is 0 Å². The van der Waals surface area contributed by atoms with E-state index in [0.717, 1.165) is 16.7 Å². The van der Waals surface area contributed by atoms with Crippen LogP contribution < -0.4 is 11.1 Å². The number of nitrogens with two attached hydrogens (primary N) is 1. The monoisotopic (exact) mass is 459 g/mol. The molecule has 5 nitrogen and oxygen atoms in total. The fourth-order valence-corrected chi connectivity index (χ4v) is 3.91. The Labute approximate surface area is 196 Å². The van der Waals surface area contributed by atoms with Crippen LogP contribution in [0.4, 0.5) is 8.78 Å². The summed E-state index contributed by atoms with van der Waals surface area (Å²) in [6.45, 7) is 1.81. The van der Waals surface area contributed by atoms with Crippen LogP contribution in [-0.4, -0.2) is 29.6 Å².